The van der Waals surface area contributed by atoms with Crippen LogP contribution in [-0.2, 0) is 0 Å². The van der Waals surface area contributed by atoms with E-state index in [2.05, 4.69) is 89.5 Å². The summed E-state index contributed by atoms with van der Waals surface area (Å²) in [6.07, 6.45) is 1.77. The first kappa shape index (κ1) is 13.7. The van der Waals surface area contributed by atoms with Gasteiger partial charge in [0.15, 0.2) is 0 Å². The molecule has 2 nitrogen and oxygen atoms in total. The van der Waals surface area contributed by atoms with E-state index in [9.17, 15) is 0 Å². The van der Waals surface area contributed by atoms with Gasteiger partial charge in [-0.15, -0.1) is 0 Å². The summed E-state index contributed by atoms with van der Waals surface area (Å²) < 4.78 is 8.03. The number of benzene rings is 4. The van der Waals surface area contributed by atoms with Crippen LogP contribution in [0.25, 0.3) is 49.2 Å². The molecule has 0 aliphatic carbocycles. The first-order valence-electron chi connectivity index (χ1n) is 8.79. The third kappa shape index (κ3) is 1.71. The normalized spacial score (nSPS) is 11.8. The van der Waals surface area contributed by atoms with Crippen molar-refractivity contribution < 1.29 is 4.42 Å². The number of para-hydroxylation sites is 1. The Kier molecular flexibility index (Phi) is 2.64. The number of rotatable bonds is 1. The van der Waals surface area contributed by atoms with Gasteiger partial charge in [0.25, 0.3) is 0 Å². The van der Waals surface area contributed by atoms with E-state index in [-0.39, 0.29) is 0 Å². The van der Waals surface area contributed by atoms with E-state index in [1.165, 1.54) is 38.3 Å². The van der Waals surface area contributed by atoms with E-state index < -0.39 is 0 Å². The molecule has 6 rings (SSSR count). The Hall–Kier alpha value is -3.52. The molecule has 0 aliphatic heterocycles. The summed E-state index contributed by atoms with van der Waals surface area (Å²) in [4.78, 5) is 0. The Morgan fingerprint density at radius 3 is 2.35 bits per heavy atom. The van der Waals surface area contributed by atoms with Crippen LogP contribution in [0.5, 0.6) is 0 Å². The van der Waals surface area contributed by atoms with Crippen molar-refractivity contribution in [3.8, 4) is 5.69 Å². The summed E-state index contributed by atoms with van der Waals surface area (Å²) in [6.45, 7) is 0. The molecule has 0 atom stereocenters. The molecule has 26 heavy (non-hydrogen) atoms. The van der Waals surface area contributed by atoms with Crippen molar-refractivity contribution >= 4 is 43.5 Å². The Morgan fingerprint density at radius 2 is 1.38 bits per heavy atom. The topological polar surface area (TPSA) is 18.1 Å². The molecule has 0 unspecified atom stereocenters. The average Bonchev–Trinajstić information content (AvgIpc) is 3.29. The molecule has 2 heteroatoms. The number of aromatic nitrogens is 1. The Labute approximate surface area is 149 Å². The van der Waals surface area contributed by atoms with Gasteiger partial charge in [0, 0.05) is 21.5 Å². The lowest BCUT2D eigenvalue weighted by Gasteiger charge is -2.11. The van der Waals surface area contributed by atoms with Gasteiger partial charge in [-0.2, -0.15) is 0 Å². The number of hydrogen-bond donors (Lipinski definition) is 0. The largest absolute Gasteiger partial charge is 0.464 e. The van der Waals surface area contributed by atoms with Crippen LogP contribution in [0.3, 0.4) is 0 Å². The molecule has 0 bridgehead atoms. The standard InChI is InChI=1S/C24H15NO/c1-2-8-17-16(6-1)7-5-11-20(17)25-21-10-4-3-9-18(21)24-19-14-15-26-23(19)13-12-22(24)25/h1-15H. The predicted octanol–water partition coefficient (Wildman–Crippen LogP) is 6.68. The summed E-state index contributed by atoms with van der Waals surface area (Å²) in [5, 5.41) is 6.17. The van der Waals surface area contributed by atoms with E-state index in [1.54, 1.807) is 6.26 Å². The highest BCUT2D eigenvalue weighted by Crippen LogP contribution is 2.38. The van der Waals surface area contributed by atoms with Gasteiger partial charge in [-0.3, -0.25) is 0 Å². The second kappa shape index (κ2) is 4.99. The van der Waals surface area contributed by atoms with Crippen molar-refractivity contribution in [3.63, 3.8) is 0 Å². The lowest BCUT2D eigenvalue weighted by Crippen LogP contribution is -1.94. The molecule has 0 radical (unpaired) electrons. The van der Waals surface area contributed by atoms with Crippen LogP contribution in [0, 0.1) is 0 Å². The molecule has 2 heterocycles. The minimum absolute atomic E-state index is 0.929. The molecule has 0 spiro atoms. The summed E-state index contributed by atoms with van der Waals surface area (Å²) >= 11 is 0. The molecule has 0 amide bonds. The van der Waals surface area contributed by atoms with Crippen molar-refractivity contribution in [2.24, 2.45) is 0 Å². The molecule has 0 saturated carbocycles. The van der Waals surface area contributed by atoms with Gasteiger partial charge in [0.05, 0.1) is 23.0 Å². The molecule has 0 N–H and O–H groups in total. The quantitative estimate of drug-likeness (QED) is 0.328. The van der Waals surface area contributed by atoms with Crippen molar-refractivity contribution in [3.05, 3.63) is 91.2 Å². The molecule has 4 aromatic carbocycles. The molecule has 2 aromatic heterocycles. The average molecular weight is 333 g/mol. The maximum absolute atomic E-state index is 5.65. The molecule has 6 aromatic rings. The van der Waals surface area contributed by atoms with E-state index in [1.807, 2.05) is 0 Å². The first-order chi connectivity index (χ1) is 12.9. The maximum atomic E-state index is 5.65. The van der Waals surface area contributed by atoms with Crippen molar-refractivity contribution in [2.75, 3.05) is 0 Å². The summed E-state index contributed by atoms with van der Waals surface area (Å²) in [6, 6.07) is 30.0. The fourth-order valence-electron chi connectivity index (χ4n) is 4.17. The lowest BCUT2D eigenvalue weighted by molar-refractivity contribution is 0.616. The van der Waals surface area contributed by atoms with Crippen molar-refractivity contribution in [1.29, 1.82) is 0 Å². The fraction of sp³-hybridized carbons (Fsp3) is 0. The number of furan rings is 1. The molecular weight excluding hydrogens is 318 g/mol. The van der Waals surface area contributed by atoms with Gasteiger partial charge in [-0.05, 0) is 35.7 Å². The summed E-state index contributed by atoms with van der Waals surface area (Å²) in [7, 11) is 0. The highest BCUT2D eigenvalue weighted by molar-refractivity contribution is 6.21. The Balaban J connectivity index is 1.89. The number of nitrogens with zero attached hydrogens (tertiary/aromatic N) is 1. The van der Waals surface area contributed by atoms with Gasteiger partial charge < -0.3 is 8.98 Å². The zero-order chi connectivity index (χ0) is 17.1. The number of fused-ring (bicyclic) bond motifs is 6. The van der Waals surface area contributed by atoms with Crippen LogP contribution in [-0.4, -0.2) is 4.57 Å². The fourth-order valence-corrected chi connectivity index (χ4v) is 4.17. The Bertz CT molecular complexity index is 1430. The van der Waals surface area contributed by atoms with Crippen LogP contribution in [0.1, 0.15) is 0 Å². The first-order valence-corrected chi connectivity index (χ1v) is 8.79. The van der Waals surface area contributed by atoms with E-state index in [0.717, 1.165) is 11.0 Å². The molecule has 122 valence electrons. The SMILES string of the molecule is c1ccc2c(-n3c4ccccc4c4c5ccoc5ccc43)cccc2c1. The van der Waals surface area contributed by atoms with Crippen LogP contribution in [0.4, 0.5) is 0 Å². The van der Waals surface area contributed by atoms with Crippen LogP contribution in [0.15, 0.2) is 95.6 Å². The van der Waals surface area contributed by atoms with Gasteiger partial charge in [0.2, 0.25) is 0 Å². The van der Waals surface area contributed by atoms with Gasteiger partial charge in [-0.25, -0.2) is 0 Å². The summed E-state index contributed by atoms with van der Waals surface area (Å²) in [5.41, 5.74) is 4.56. The lowest BCUT2D eigenvalue weighted by atomic mass is 10.1. The van der Waals surface area contributed by atoms with Crippen LogP contribution in [0.2, 0.25) is 0 Å². The third-order valence-electron chi connectivity index (χ3n) is 5.28. The highest BCUT2D eigenvalue weighted by atomic mass is 16.3. The minimum atomic E-state index is 0.929. The van der Waals surface area contributed by atoms with Crippen LogP contribution < -0.4 is 0 Å². The van der Waals surface area contributed by atoms with Crippen molar-refractivity contribution in [1.82, 2.24) is 4.57 Å². The minimum Gasteiger partial charge on any atom is -0.464 e. The van der Waals surface area contributed by atoms with Crippen LogP contribution >= 0.6 is 0 Å². The van der Waals surface area contributed by atoms with E-state index in [0.29, 0.717) is 0 Å². The molecule has 0 aliphatic rings. The highest BCUT2D eigenvalue weighted by Gasteiger charge is 2.16. The van der Waals surface area contributed by atoms with Gasteiger partial charge >= 0.3 is 0 Å². The number of hydrogen-bond acceptors (Lipinski definition) is 1. The summed E-state index contributed by atoms with van der Waals surface area (Å²) in [5.74, 6) is 0. The van der Waals surface area contributed by atoms with Gasteiger partial charge in [-0.1, -0.05) is 54.6 Å². The Morgan fingerprint density at radius 1 is 0.577 bits per heavy atom. The van der Waals surface area contributed by atoms with Crippen molar-refractivity contribution in [2.45, 2.75) is 0 Å². The molecular formula is C24H15NO. The predicted molar refractivity (Wildman–Crippen MR) is 108 cm³/mol. The second-order valence-electron chi connectivity index (χ2n) is 6.64. The smallest absolute Gasteiger partial charge is 0.134 e. The van der Waals surface area contributed by atoms with E-state index >= 15 is 0 Å². The van der Waals surface area contributed by atoms with E-state index in [4.69, 9.17) is 4.42 Å². The zero-order valence-electron chi connectivity index (χ0n) is 14.0. The molecule has 0 saturated heterocycles. The monoisotopic (exact) mass is 333 g/mol. The zero-order valence-corrected chi connectivity index (χ0v) is 14.0. The van der Waals surface area contributed by atoms with Gasteiger partial charge in [0.1, 0.15) is 5.58 Å². The second-order valence-corrected chi connectivity index (χ2v) is 6.64. The maximum Gasteiger partial charge on any atom is 0.134 e. The third-order valence-corrected chi connectivity index (χ3v) is 5.28. The molecule has 0 fully saturated rings.